The minimum absolute atomic E-state index is 0.0928. The molecular weight excluding hydrogens is 705 g/mol. The number of benzene rings is 4. The molecule has 1 aliphatic heterocycles. The quantitative estimate of drug-likeness (QED) is 0.102. The minimum Gasteiger partial charge on any atom is -0.464 e. The van der Waals surface area contributed by atoms with E-state index in [1.54, 1.807) is 6.07 Å². The van der Waals surface area contributed by atoms with Gasteiger partial charge in [0.25, 0.3) is 0 Å². The Hall–Kier alpha value is -4.59. The van der Waals surface area contributed by atoms with E-state index >= 15 is 4.39 Å². The standard InChI is InChI=1S/C40H39F7N2O4/c1-23(32-15-13-29(43)19-34(32)40(45,46)47)17-37(51)53-22-30-21-52-31(20-49-30)14-16-33-26(3-2-4-35(33)44)18-36(50)39(48)38(24-5-9-27(41)10-6-24)25-7-11-28(42)12-8-25/h2-13,15,19,23,30-31,38-39,49H,14,16-18,20-22,48H2,1H3/t23-,30-,31+,39+/m0/s1. The van der Waals surface area contributed by atoms with Crippen molar-refractivity contribution < 1.29 is 49.8 Å². The number of hydrogen-bond donors (Lipinski definition) is 2. The molecule has 4 aromatic rings. The number of rotatable bonds is 14. The predicted octanol–water partition coefficient (Wildman–Crippen LogP) is 7.56. The maximum Gasteiger partial charge on any atom is 0.416 e. The second kappa shape index (κ2) is 17.5. The molecular formula is C40H39F7N2O4. The summed E-state index contributed by atoms with van der Waals surface area (Å²) in [6.07, 6.45) is -5.02. The summed E-state index contributed by atoms with van der Waals surface area (Å²) >= 11 is 0. The van der Waals surface area contributed by atoms with Crippen LogP contribution in [0.5, 0.6) is 0 Å². The van der Waals surface area contributed by atoms with E-state index in [1.807, 2.05) is 0 Å². The first kappa shape index (κ1) is 39.6. The summed E-state index contributed by atoms with van der Waals surface area (Å²) in [7, 11) is 0. The number of morpholine rings is 1. The van der Waals surface area contributed by atoms with Crippen LogP contribution < -0.4 is 11.1 Å². The Morgan fingerprint density at radius 3 is 2.11 bits per heavy atom. The normalized spacial score (nSPS) is 17.4. The smallest absolute Gasteiger partial charge is 0.416 e. The summed E-state index contributed by atoms with van der Waals surface area (Å²) in [5.74, 6) is -5.16. The van der Waals surface area contributed by atoms with Crippen molar-refractivity contribution in [3.05, 3.63) is 142 Å². The maximum absolute atomic E-state index is 15.2. The van der Waals surface area contributed by atoms with Crippen molar-refractivity contribution in [2.45, 2.75) is 68.8 Å². The van der Waals surface area contributed by atoms with Gasteiger partial charge in [0.1, 0.15) is 29.9 Å². The van der Waals surface area contributed by atoms with Crippen molar-refractivity contribution in [3.8, 4) is 0 Å². The number of nitrogens with one attached hydrogen (secondary N) is 1. The molecule has 13 heteroatoms. The summed E-state index contributed by atoms with van der Waals surface area (Å²) < 4.78 is 108. The molecule has 1 saturated heterocycles. The van der Waals surface area contributed by atoms with E-state index in [9.17, 15) is 35.9 Å². The number of carbonyl (C=O) groups is 2. The summed E-state index contributed by atoms with van der Waals surface area (Å²) in [4.78, 5) is 26.1. The first-order valence-electron chi connectivity index (χ1n) is 17.1. The Labute approximate surface area is 302 Å². The SMILES string of the molecule is C[C@@H](CC(=O)OC[C@@H]1CO[C@H](CCc2c(F)cccc2CC(=O)[C@@H](N)C(c2ccc(F)cc2)c2ccc(F)cc2)CN1)c1ccc(F)cc1C(F)(F)F. The van der Waals surface area contributed by atoms with Crippen LogP contribution in [0.2, 0.25) is 0 Å². The molecule has 3 N–H and O–H groups in total. The first-order chi connectivity index (χ1) is 25.2. The van der Waals surface area contributed by atoms with Gasteiger partial charge in [-0.1, -0.05) is 49.4 Å². The lowest BCUT2D eigenvalue weighted by Crippen LogP contribution is -2.49. The van der Waals surface area contributed by atoms with E-state index in [0.29, 0.717) is 41.3 Å². The van der Waals surface area contributed by atoms with E-state index in [0.717, 1.165) is 12.1 Å². The van der Waals surface area contributed by atoms with Gasteiger partial charge in [0, 0.05) is 18.9 Å². The van der Waals surface area contributed by atoms with Crippen LogP contribution >= 0.6 is 0 Å². The fourth-order valence-corrected chi connectivity index (χ4v) is 6.57. The molecule has 53 heavy (non-hydrogen) atoms. The Kier molecular flexibility index (Phi) is 13.1. The average Bonchev–Trinajstić information content (AvgIpc) is 3.12. The molecule has 1 heterocycles. The summed E-state index contributed by atoms with van der Waals surface area (Å²) in [6, 6.07) is 16.4. The molecule has 282 valence electrons. The number of hydrogen-bond acceptors (Lipinski definition) is 6. The van der Waals surface area contributed by atoms with E-state index in [2.05, 4.69) is 5.32 Å². The molecule has 0 bridgehead atoms. The Bertz CT molecular complexity index is 1820. The molecule has 4 atom stereocenters. The van der Waals surface area contributed by atoms with E-state index in [-0.39, 0.29) is 50.2 Å². The molecule has 0 saturated carbocycles. The molecule has 0 unspecified atom stereocenters. The largest absolute Gasteiger partial charge is 0.464 e. The highest BCUT2D eigenvalue weighted by molar-refractivity contribution is 5.87. The lowest BCUT2D eigenvalue weighted by atomic mass is 9.82. The van der Waals surface area contributed by atoms with Crippen LogP contribution in [0.25, 0.3) is 0 Å². The van der Waals surface area contributed by atoms with Crippen molar-refractivity contribution in [1.29, 1.82) is 0 Å². The number of carbonyl (C=O) groups excluding carboxylic acids is 2. The van der Waals surface area contributed by atoms with E-state index < -0.39 is 64.6 Å². The van der Waals surface area contributed by atoms with Crippen LogP contribution in [-0.4, -0.2) is 49.7 Å². The Balaban J connectivity index is 1.13. The van der Waals surface area contributed by atoms with Gasteiger partial charge in [-0.25, -0.2) is 17.6 Å². The summed E-state index contributed by atoms with van der Waals surface area (Å²) in [6.45, 7) is 1.83. The number of halogens is 7. The third-order valence-electron chi connectivity index (χ3n) is 9.42. The molecule has 1 aliphatic rings. The van der Waals surface area contributed by atoms with Crippen molar-refractivity contribution in [3.63, 3.8) is 0 Å². The second-order valence-electron chi connectivity index (χ2n) is 13.2. The molecule has 5 rings (SSSR count). The van der Waals surface area contributed by atoms with Gasteiger partial charge in [-0.2, -0.15) is 13.2 Å². The highest BCUT2D eigenvalue weighted by Crippen LogP contribution is 2.37. The number of alkyl halides is 3. The van der Waals surface area contributed by atoms with Crippen molar-refractivity contribution in [2.24, 2.45) is 5.73 Å². The molecule has 0 radical (unpaired) electrons. The van der Waals surface area contributed by atoms with Gasteiger partial charge in [0.2, 0.25) is 0 Å². The average molecular weight is 745 g/mol. The van der Waals surface area contributed by atoms with Gasteiger partial charge in [-0.15, -0.1) is 0 Å². The lowest BCUT2D eigenvalue weighted by molar-refractivity contribution is -0.147. The highest BCUT2D eigenvalue weighted by atomic mass is 19.4. The van der Waals surface area contributed by atoms with Crippen LogP contribution in [0.3, 0.4) is 0 Å². The van der Waals surface area contributed by atoms with Gasteiger partial charge in [0.15, 0.2) is 5.78 Å². The first-order valence-corrected chi connectivity index (χ1v) is 17.1. The van der Waals surface area contributed by atoms with Crippen LogP contribution in [0.4, 0.5) is 30.7 Å². The molecule has 1 fully saturated rings. The molecule has 4 aromatic carbocycles. The zero-order valence-corrected chi connectivity index (χ0v) is 28.8. The van der Waals surface area contributed by atoms with Crippen LogP contribution in [-0.2, 0) is 38.1 Å². The zero-order valence-electron chi connectivity index (χ0n) is 28.8. The second-order valence-corrected chi connectivity index (χ2v) is 13.2. The molecule has 6 nitrogen and oxygen atoms in total. The zero-order chi connectivity index (χ0) is 38.3. The van der Waals surface area contributed by atoms with Crippen molar-refractivity contribution >= 4 is 11.8 Å². The lowest BCUT2D eigenvalue weighted by Gasteiger charge is -2.30. The van der Waals surface area contributed by atoms with Crippen LogP contribution in [0.1, 0.15) is 65.0 Å². The van der Waals surface area contributed by atoms with Gasteiger partial charge in [-0.05, 0) is 89.0 Å². The number of esters is 1. The number of ketones is 1. The third-order valence-corrected chi connectivity index (χ3v) is 9.42. The predicted molar refractivity (Wildman–Crippen MR) is 183 cm³/mol. The van der Waals surface area contributed by atoms with E-state index in [4.69, 9.17) is 15.2 Å². The van der Waals surface area contributed by atoms with Gasteiger partial charge in [-0.3, -0.25) is 9.59 Å². The van der Waals surface area contributed by atoms with Gasteiger partial charge >= 0.3 is 12.1 Å². The third kappa shape index (κ3) is 10.5. The van der Waals surface area contributed by atoms with Crippen LogP contribution in [0, 0.1) is 23.3 Å². The fourth-order valence-electron chi connectivity index (χ4n) is 6.57. The Morgan fingerprint density at radius 2 is 1.53 bits per heavy atom. The van der Waals surface area contributed by atoms with Crippen LogP contribution in [0.15, 0.2) is 84.9 Å². The van der Waals surface area contributed by atoms with Crippen molar-refractivity contribution in [2.75, 3.05) is 19.8 Å². The van der Waals surface area contributed by atoms with Crippen molar-refractivity contribution in [1.82, 2.24) is 5.32 Å². The molecule has 0 amide bonds. The van der Waals surface area contributed by atoms with E-state index in [1.165, 1.54) is 67.6 Å². The Morgan fingerprint density at radius 1 is 0.906 bits per heavy atom. The number of nitrogens with two attached hydrogens (primary N) is 1. The number of Topliss-reactive ketones (excluding diaryl/α,β-unsaturated/α-hetero) is 1. The topological polar surface area (TPSA) is 90.7 Å². The molecule has 0 spiro atoms. The van der Waals surface area contributed by atoms with Gasteiger partial charge in [0.05, 0.1) is 36.8 Å². The summed E-state index contributed by atoms with van der Waals surface area (Å²) in [5, 5.41) is 3.20. The molecule has 0 aromatic heterocycles. The fraction of sp³-hybridized carbons (Fsp3) is 0.350. The monoisotopic (exact) mass is 744 g/mol. The minimum atomic E-state index is -4.78. The maximum atomic E-state index is 15.2. The highest BCUT2D eigenvalue weighted by Gasteiger charge is 2.36. The number of ether oxygens (including phenoxy) is 2. The van der Waals surface area contributed by atoms with Gasteiger partial charge < -0.3 is 20.5 Å². The summed E-state index contributed by atoms with van der Waals surface area (Å²) in [5.41, 5.74) is 7.08. The molecule has 0 aliphatic carbocycles.